The molecule has 0 saturated carbocycles. The Kier molecular flexibility index (Phi) is 4.53. The molecule has 23 heavy (non-hydrogen) atoms. The molecule has 0 N–H and O–H groups in total. The van der Waals surface area contributed by atoms with Gasteiger partial charge in [-0.2, -0.15) is 5.10 Å². The van der Waals surface area contributed by atoms with E-state index in [1.807, 2.05) is 23.8 Å². The van der Waals surface area contributed by atoms with Crippen LogP contribution < -0.4 is 0 Å². The van der Waals surface area contributed by atoms with E-state index in [9.17, 15) is 4.21 Å². The molecule has 0 aromatic carbocycles. The number of methoxy groups -OCH3 is 1. The zero-order chi connectivity index (χ0) is 16.4. The van der Waals surface area contributed by atoms with E-state index in [1.54, 1.807) is 30.4 Å². The maximum atomic E-state index is 12.0. The zero-order valence-electron chi connectivity index (χ0n) is 13.4. The van der Waals surface area contributed by atoms with E-state index in [1.165, 1.54) is 0 Å². The number of hydrogen-bond acceptors (Lipinski definition) is 5. The molecule has 3 aromatic heterocycles. The molecule has 3 heterocycles. The summed E-state index contributed by atoms with van der Waals surface area (Å²) in [6, 6.07) is 0. The predicted octanol–water partition coefficient (Wildman–Crippen LogP) is 1.45. The fraction of sp³-hybridized carbons (Fsp3) is 0.400. The second kappa shape index (κ2) is 6.59. The lowest BCUT2D eigenvalue weighted by atomic mass is 10.2. The van der Waals surface area contributed by atoms with E-state index in [-0.39, 0.29) is 0 Å². The highest BCUT2D eigenvalue weighted by Gasteiger charge is 2.15. The van der Waals surface area contributed by atoms with E-state index in [0.29, 0.717) is 17.3 Å². The van der Waals surface area contributed by atoms with Crippen LogP contribution in [0.15, 0.2) is 29.8 Å². The van der Waals surface area contributed by atoms with Crippen LogP contribution in [0.1, 0.15) is 12.1 Å². The maximum Gasteiger partial charge on any atom is 0.172 e. The standard InChI is InChI=1S/C15H19N5O2S/c1-19-9-11(7-17-19)13-8-16-14-15(23(3)21)18-12(10-20(13)14)5-4-6-22-2/h7-10H,4-6H2,1-3H3. The summed E-state index contributed by atoms with van der Waals surface area (Å²) in [5, 5.41) is 4.71. The van der Waals surface area contributed by atoms with Gasteiger partial charge in [0.05, 0.1) is 34.6 Å². The van der Waals surface area contributed by atoms with Crippen LogP contribution >= 0.6 is 0 Å². The van der Waals surface area contributed by atoms with Crippen molar-refractivity contribution < 1.29 is 8.95 Å². The van der Waals surface area contributed by atoms with Crippen molar-refractivity contribution in [1.82, 2.24) is 24.1 Å². The molecule has 0 saturated heterocycles. The van der Waals surface area contributed by atoms with Gasteiger partial charge in [0.2, 0.25) is 0 Å². The van der Waals surface area contributed by atoms with E-state index >= 15 is 0 Å². The van der Waals surface area contributed by atoms with Gasteiger partial charge in [-0.1, -0.05) is 0 Å². The van der Waals surface area contributed by atoms with Gasteiger partial charge >= 0.3 is 0 Å². The van der Waals surface area contributed by atoms with Crippen LogP contribution in [0.3, 0.4) is 0 Å². The van der Waals surface area contributed by atoms with E-state index in [2.05, 4.69) is 15.1 Å². The van der Waals surface area contributed by atoms with Gasteiger partial charge in [-0.3, -0.25) is 13.3 Å². The van der Waals surface area contributed by atoms with Crippen LogP contribution in [0.25, 0.3) is 16.9 Å². The third kappa shape index (κ3) is 3.18. The summed E-state index contributed by atoms with van der Waals surface area (Å²) in [6.07, 6.45) is 10.7. The molecule has 0 amide bonds. The van der Waals surface area contributed by atoms with Gasteiger partial charge in [-0.15, -0.1) is 0 Å². The molecule has 0 fully saturated rings. The molecule has 0 aliphatic carbocycles. The first kappa shape index (κ1) is 15.8. The van der Waals surface area contributed by atoms with Gasteiger partial charge < -0.3 is 4.74 Å². The van der Waals surface area contributed by atoms with Crippen molar-refractivity contribution in [3.05, 3.63) is 30.5 Å². The lowest BCUT2D eigenvalue weighted by Gasteiger charge is -2.07. The van der Waals surface area contributed by atoms with E-state index < -0.39 is 10.8 Å². The number of nitrogens with zero attached hydrogens (tertiary/aromatic N) is 5. The van der Waals surface area contributed by atoms with Gasteiger partial charge in [0.15, 0.2) is 10.7 Å². The van der Waals surface area contributed by atoms with Crippen LogP contribution in [0.4, 0.5) is 0 Å². The summed E-state index contributed by atoms with van der Waals surface area (Å²) in [4.78, 5) is 8.93. The zero-order valence-corrected chi connectivity index (χ0v) is 14.2. The molecule has 122 valence electrons. The first-order chi connectivity index (χ1) is 11.1. The Morgan fingerprint density at radius 1 is 1.30 bits per heavy atom. The highest BCUT2D eigenvalue weighted by Crippen LogP contribution is 2.23. The molecule has 0 radical (unpaired) electrons. The molecule has 0 bridgehead atoms. The smallest absolute Gasteiger partial charge is 0.172 e. The Morgan fingerprint density at radius 2 is 2.13 bits per heavy atom. The Morgan fingerprint density at radius 3 is 2.78 bits per heavy atom. The second-order valence-corrected chi connectivity index (χ2v) is 6.62. The number of fused-ring (bicyclic) bond motifs is 1. The van der Waals surface area contributed by atoms with Gasteiger partial charge in [0.25, 0.3) is 0 Å². The molecule has 7 nitrogen and oxygen atoms in total. The van der Waals surface area contributed by atoms with Crippen molar-refractivity contribution in [1.29, 1.82) is 0 Å². The SMILES string of the molecule is COCCCc1cn2c(-c3cnn(C)c3)cnc2c(S(C)=O)n1. The number of hydrogen-bond donors (Lipinski definition) is 0. The quantitative estimate of drug-likeness (QED) is 0.638. The summed E-state index contributed by atoms with van der Waals surface area (Å²) < 4.78 is 20.8. The van der Waals surface area contributed by atoms with Gasteiger partial charge in [0, 0.05) is 45.0 Å². The Balaban J connectivity index is 2.11. The molecule has 8 heteroatoms. The lowest BCUT2D eigenvalue weighted by molar-refractivity contribution is 0.195. The Bertz CT molecular complexity index is 855. The maximum absolute atomic E-state index is 12.0. The van der Waals surface area contributed by atoms with Crippen LogP contribution in [0, 0.1) is 0 Å². The molecule has 1 atom stereocenters. The summed E-state index contributed by atoms with van der Waals surface area (Å²) >= 11 is 0. The molecule has 3 aromatic rings. The fourth-order valence-electron chi connectivity index (χ4n) is 2.49. The number of rotatable bonds is 6. The summed E-state index contributed by atoms with van der Waals surface area (Å²) in [6.45, 7) is 0.670. The Hall–Kier alpha value is -2.06. The highest BCUT2D eigenvalue weighted by molar-refractivity contribution is 7.84. The topological polar surface area (TPSA) is 74.3 Å². The van der Waals surface area contributed by atoms with Crippen LogP contribution in [-0.4, -0.2) is 48.3 Å². The minimum absolute atomic E-state index is 0.509. The molecule has 0 aliphatic rings. The second-order valence-electron chi connectivity index (χ2n) is 5.33. The highest BCUT2D eigenvalue weighted by atomic mass is 32.2. The molecular weight excluding hydrogens is 314 g/mol. The third-order valence-corrected chi connectivity index (χ3v) is 4.38. The van der Waals surface area contributed by atoms with E-state index in [4.69, 9.17) is 4.74 Å². The minimum atomic E-state index is -1.21. The Labute approximate surface area is 136 Å². The van der Waals surface area contributed by atoms with Crippen molar-refractivity contribution in [2.75, 3.05) is 20.0 Å². The first-order valence-corrected chi connectivity index (χ1v) is 8.84. The van der Waals surface area contributed by atoms with Crippen molar-refractivity contribution in [2.45, 2.75) is 17.9 Å². The summed E-state index contributed by atoms with van der Waals surface area (Å²) in [5.74, 6) is 0. The lowest BCUT2D eigenvalue weighted by Crippen LogP contribution is -2.05. The normalized spacial score (nSPS) is 12.8. The van der Waals surface area contributed by atoms with Crippen molar-refractivity contribution >= 4 is 16.4 Å². The first-order valence-electron chi connectivity index (χ1n) is 7.28. The summed E-state index contributed by atoms with van der Waals surface area (Å²) in [5.41, 5.74) is 3.38. The average molecular weight is 333 g/mol. The van der Waals surface area contributed by atoms with Gasteiger partial charge in [-0.25, -0.2) is 9.97 Å². The van der Waals surface area contributed by atoms with Crippen LogP contribution in [0.2, 0.25) is 0 Å². The number of ether oxygens (including phenoxy) is 1. The van der Waals surface area contributed by atoms with E-state index in [0.717, 1.165) is 29.8 Å². The summed E-state index contributed by atoms with van der Waals surface area (Å²) in [7, 11) is 2.35. The number of imidazole rings is 1. The molecule has 3 rings (SSSR count). The van der Waals surface area contributed by atoms with Gasteiger partial charge in [-0.05, 0) is 12.8 Å². The predicted molar refractivity (Wildman–Crippen MR) is 87.7 cm³/mol. The number of aryl methyl sites for hydroxylation is 2. The van der Waals surface area contributed by atoms with Gasteiger partial charge in [0.1, 0.15) is 0 Å². The van der Waals surface area contributed by atoms with Crippen molar-refractivity contribution in [3.63, 3.8) is 0 Å². The third-order valence-electron chi connectivity index (χ3n) is 3.57. The molecule has 1 unspecified atom stereocenters. The van der Waals surface area contributed by atoms with Crippen molar-refractivity contribution in [2.24, 2.45) is 7.05 Å². The molecule has 0 spiro atoms. The molecule has 0 aliphatic heterocycles. The van der Waals surface area contributed by atoms with Crippen molar-refractivity contribution in [3.8, 4) is 11.3 Å². The monoisotopic (exact) mass is 333 g/mol. The fourth-order valence-corrected chi connectivity index (χ4v) is 3.14. The van der Waals surface area contributed by atoms with Crippen LogP contribution in [0.5, 0.6) is 0 Å². The van der Waals surface area contributed by atoms with Crippen LogP contribution in [-0.2, 0) is 29.0 Å². The average Bonchev–Trinajstić information content (AvgIpc) is 3.12. The minimum Gasteiger partial charge on any atom is -0.385 e. The number of aromatic nitrogens is 5. The largest absolute Gasteiger partial charge is 0.385 e. The molecular formula is C15H19N5O2S.